The van der Waals surface area contributed by atoms with E-state index in [1.54, 1.807) is 32.0 Å². The number of benzene rings is 1. The number of halogens is 1. The molecule has 25 heavy (non-hydrogen) atoms. The van der Waals surface area contributed by atoms with E-state index in [4.69, 9.17) is 0 Å². The molecule has 0 bridgehead atoms. The second kappa shape index (κ2) is 6.25. The summed E-state index contributed by atoms with van der Waals surface area (Å²) in [5, 5.41) is 12.2. The van der Waals surface area contributed by atoms with E-state index in [9.17, 15) is 12.8 Å². The van der Waals surface area contributed by atoms with Crippen molar-refractivity contribution in [2.75, 3.05) is 4.72 Å². The molecule has 1 N–H and O–H groups in total. The standard InChI is InChI=1S/C16H16FN5O2S/c1-10-8-13(5-6-14(10)17)25(23,24)21-16-9-12(3)20-22(16)15-7-4-11(2)18-19-15/h4-9,21H,1-3H3. The van der Waals surface area contributed by atoms with Crippen LogP contribution in [0.25, 0.3) is 5.82 Å². The lowest BCUT2D eigenvalue weighted by molar-refractivity contribution is 0.598. The van der Waals surface area contributed by atoms with Crippen molar-refractivity contribution in [1.82, 2.24) is 20.0 Å². The third-order valence-corrected chi connectivity index (χ3v) is 4.86. The summed E-state index contributed by atoms with van der Waals surface area (Å²) >= 11 is 0. The molecular formula is C16H16FN5O2S. The minimum Gasteiger partial charge on any atom is -0.263 e. The van der Waals surface area contributed by atoms with Crippen LogP contribution in [0.1, 0.15) is 17.0 Å². The van der Waals surface area contributed by atoms with Crippen LogP contribution in [0.15, 0.2) is 41.3 Å². The highest BCUT2D eigenvalue weighted by molar-refractivity contribution is 7.92. The molecule has 7 nitrogen and oxygen atoms in total. The molecule has 0 saturated heterocycles. The van der Waals surface area contributed by atoms with Gasteiger partial charge < -0.3 is 0 Å². The smallest absolute Gasteiger partial charge is 0.263 e. The van der Waals surface area contributed by atoms with Crippen LogP contribution >= 0.6 is 0 Å². The number of nitrogens with zero attached hydrogens (tertiary/aromatic N) is 4. The van der Waals surface area contributed by atoms with Crippen LogP contribution in [0.2, 0.25) is 0 Å². The summed E-state index contributed by atoms with van der Waals surface area (Å²) in [4.78, 5) is -0.0354. The molecular weight excluding hydrogens is 345 g/mol. The fourth-order valence-corrected chi connectivity index (χ4v) is 3.35. The molecule has 0 spiro atoms. The average molecular weight is 361 g/mol. The summed E-state index contributed by atoms with van der Waals surface area (Å²) in [5.74, 6) is 0.138. The summed E-state index contributed by atoms with van der Waals surface area (Å²) in [7, 11) is -3.90. The second-order valence-electron chi connectivity index (χ2n) is 5.63. The maximum absolute atomic E-state index is 13.4. The molecule has 0 amide bonds. The van der Waals surface area contributed by atoms with Crippen molar-refractivity contribution < 1.29 is 12.8 Å². The molecule has 1 aromatic carbocycles. The number of hydrogen-bond acceptors (Lipinski definition) is 5. The minimum absolute atomic E-state index is 0.0354. The number of sulfonamides is 1. The zero-order valence-electron chi connectivity index (χ0n) is 13.9. The molecule has 0 atom stereocenters. The molecule has 0 fully saturated rings. The normalized spacial score (nSPS) is 11.5. The van der Waals surface area contributed by atoms with Gasteiger partial charge in [-0.3, -0.25) is 4.72 Å². The van der Waals surface area contributed by atoms with E-state index < -0.39 is 15.8 Å². The molecule has 3 rings (SSSR count). The maximum Gasteiger partial charge on any atom is 0.263 e. The molecule has 3 aromatic rings. The van der Waals surface area contributed by atoms with Crippen LogP contribution in [0.4, 0.5) is 10.2 Å². The first-order valence-electron chi connectivity index (χ1n) is 7.42. The highest BCUT2D eigenvalue weighted by Gasteiger charge is 2.19. The first kappa shape index (κ1) is 17.0. The third kappa shape index (κ3) is 3.50. The first-order valence-corrected chi connectivity index (χ1v) is 8.91. The van der Waals surface area contributed by atoms with E-state index in [0.29, 0.717) is 11.5 Å². The Morgan fingerprint density at radius 1 is 1.00 bits per heavy atom. The van der Waals surface area contributed by atoms with Crippen molar-refractivity contribution >= 4 is 15.8 Å². The fraction of sp³-hybridized carbons (Fsp3) is 0.188. The summed E-state index contributed by atoms with van der Waals surface area (Å²) in [6.45, 7) is 5.04. The predicted molar refractivity (Wildman–Crippen MR) is 90.6 cm³/mol. The Bertz CT molecular complexity index is 1030. The van der Waals surface area contributed by atoms with Crippen LogP contribution in [-0.2, 0) is 10.0 Å². The molecule has 0 unspecified atom stereocenters. The fourth-order valence-electron chi connectivity index (χ4n) is 2.23. The Morgan fingerprint density at radius 2 is 1.76 bits per heavy atom. The lowest BCUT2D eigenvalue weighted by Gasteiger charge is -2.10. The maximum atomic E-state index is 13.4. The Balaban J connectivity index is 2.00. The number of aromatic nitrogens is 4. The van der Waals surface area contributed by atoms with Crippen molar-refractivity contribution in [3.05, 3.63) is 59.2 Å². The van der Waals surface area contributed by atoms with Crippen molar-refractivity contribution in [2.24, 2.45) is 0 Å². The van der Waals surface area contributed by atoms with E-state index in [-0.39, 0.29) is 16.3 Å². The Labute approximate surface area is 144 Å². The van der Waals surface area contributed by atoms with E-state index in [2.05, 4.69) is 20.0 Å². The number of rotatable bonds is 4. The molecule has 130 valence electrons. The highest BCUT2D eigenvalue weighted by Crippen LogP contribution is 2.21. The van der Waals surface area contributed by atoms with Gasteiger partial charge >= 0.3 is 0 Å². The Hall–Kier alpha value is -2.81. The van der Waals surface area contributed by atoms with Gasteiger partial charge in [0.2, 0.25) is 0 Å². The van der Waals surface area contributed by atoms with Crippen LogP contribution in [0, 0.1) is 26.6 Å². The van der Waals surface area contributed by atoms with Crippen molar-refractivity contribution in [3.63, 3.8) is 0 Å². The van der Waals surface area contributed by atoms with Gasteiger partial charge in [0, 0.05) is 6.07 Å². The summed E-state index contributed by atoms with van der Waals surface area (Å²) < 4.78 is 42.4. The Morgan fingerprint density at radius 3 is 2.40 bits per heavy atom. The first-order chi connectivity index (χ1) is 11.8. The zero-order chi connectivity index (χ0) is 18.2. The average Bonchev–Trinajstić information content (AvgIpc) is 2.90. The van der Waals surface area contributed by atoms with Gasteiger partial charge in [0.15, 0.2) is 5.82 Å². The van der Waals surface area contributed by atoms with Crippen molar-refractivity contribution in [3.8, 4) is 5.82 Å². The summed E-state index contributed by atoms with van der Waals surface area (Å²) in [6.07, 6.45) is 0. The summed E-state index contributed by atoms with van der Waals surface area (Å²) in [6, 6.07) is 8.63. The molecule has 2 heterocycles. The number of aryl methyl sites for hydroxylation is 3. The lowest BCUT2D eigenvalue weighted by Crippen LogP contribution is -2.16. The van der Waals surface area contributed by atoms with Gasteiger partial charge in [-0.25, -0.2) is 12.8 Å². The number of nitrogens with one attached hydrogen (secondary N) is 1. The highest BCUT2D eigenvalue weighted by atomic mass is 32.2. The SMILES string of the molecule is Cc1ccc(-n2nc(C)cc2NS(=O)(=O)c2ccc(F)c(C)c2)nn1. The van der Waals surface area contributed by atoms with Crippen LogP contribution < -0.4 is 4.72 Å². The van der Waals surface area contributed by atoms with E-state index in [1.165, 1.54) is 23.7 Å². The molecule has 0 radical (unpaired) electrons. The monoisotopic (exact) mass is 361 g/mol. The van der Waals surface area contributed by atoms with Crippen molar-refractivity contribution in [1.29, 1.82) is 0 Å². The number of hydrogen-bond donors (Lipinski definition) is 1. The minimum atomic E-state index is -3.90. The van der Waals surface area contributed by atoms with Gasteiger partial charge in [0.1, 0.15) is 11.6 Å². The van der Waals surface area contributed by atoms with E-state index >= 15 is 0 Å². The number of anilines is 1. The largest absolute Gasteiger partial charge is 0.263 e. The van der Waals surface area contributed by atoms with E-state index in [1.807, 2.05) is 0 Å². The molecule has 0 aliphatic heterocycles. The molecule has 2 aromatic heterocycles. The van der Waals surface area contributed by atoms with Crippen LogP contribution in [-0.4, -0.2) is 28.4 Å². The lowest BCUT2D eigenvalue weighted by atomic mass is 10.2. The van der Waals surface area contributed by atoms with Crippen molar-refractivity contribution in [2.45, 2.75) is 25.7 Å². The zero-order valence-corrected chi connectivity index (χ0v) is 14.7. The van der Waals surface area contributed by atoms with E-state index in [0.717, 1.165) is 11.8 Å². The topological polar surface area (TPSA) is 89.8 Å². The van der Waals surface area contributed by atoms with Gasteiger partial charge in [0.25, 0.3) is 10.0 Å². The van der Waals surface area contributed by atoms with Crippen LogP contribution in [0.5, 0.6) is 0 Å². The van der Waals surface area contributed by atoms with Gasteiger partial charge in [-0.1, -0.05) is 0 Å². The third-order valence-electron chi connectivity index (χ3n) is 3.51. The van der Waals surface area contributed by atoms with Gasteiger partial charge in [-0.15, -0.1) is 5.10 Å². The van der Waals surface area contributed by atoms with Gasteiger partial charge in [-0.2, -0.15) is 14.9 Å². The molecule has 0 saturated carbocycles. The molecule has 0 aliphatic rings. The Kier molecular flexibility index (Phi) is 4.25. The van der Waals surface area contributed by atoms with Gasteiger partial charge in [0.05, 0.1) is 16.3 Å². The second-order valence-corrected chi connectivity index (χ2v) is 7.31. The van der Waals surface area contributed by atoms with Gasteiger partial charge in [-0.05, 0) is 56.7 Å². The summed E-state index contributed by atoms with van der Waals surface area (Å²) in [5.41, 5.74) is 1.59. The quantitative estimate of drug-likeness (QED) is 0.771. The molecule has 0 aliphatic carbocycles. The van der Waals surface area contributed by atoms with Crippen LogP contribution in [0.3, 0.4) is 0 Å². The predicted octanol–water partition coefficient (Wildman–Crippen LogP) is 2.53. The molecule has 9 heteroatoms.